The van der Waals surface area contributed by atoms with E-state index in [9.17, 15) is 4.39 Å². The maximum atomic E-state index is 12.8. The number of halogens is 1. The molecule has 1 N–H and O–H groups in total. The average molecular weight is 229 g/mol. The molecule has 0 bridgehead atoms. The summed E-state index contributed by atoms with van der Waals surface area (Å²) in [6.45, 7) is 2.12. The van der Waals surface area contributed by atoms with Crippen molar-refractivity contribution in [2.24, 2.45) is 0 Å². The Balaban J connectivity index is 1.93. The maximum Gasteiger partial charge on any atom is 0.123 e. The average Bonchev–Trinajstić information content (AvgIpc) is 2.33. The van der Waals surface area contributed by atoms with Gasteiger partial charge in [0.05, 0.1) is 0 Å². The Labute approximate surface area is 101 Å². The predicted octanol–water partition coefficient (Wildman–Crippen LogP) is 3.87. The first kappa shape index (κ1) is 11.6. The topological polar surface area (TPSA) is 12.0 Å². The largest absolute Gasteiger partial charge is 0.382 e. The second kappa shape index (κ2) is 5.48. The Morgan fingerprint density at radius 1 is 1.00 bits per heavy atom. The normalized spacial score (nSPS) is 12.1. The minimum Gasteiger partial charge on any atom is -0.382 e. The van der Waals surface area contributed by atoms with Gasteiger partial charge in [0.25, 0.3) is 0 Å². The van der Waals surface area contributed by atoms with Gasteiger partial charge in [-0.1, -0.05) is 30.3 Å². The van der Waals surface area contributed by atoms with Crippen molar-refractivity contribution in [2.75, 3.05) is 5.32 Å². The Morgan fingerprint density at radius 2 is 1.65 bits per heavy atom. The van der Waals surface area contributed by atoms with Crippen molar-refractivity contribution in [1.82, 2.24) is 0 Å². The van der Waals surface area contributed by atoms with E-state index in [1.54, 1.807) is 0 Å². The zero-order chi connectivity index (χ0) is 12.1. The molecule has 1 nitrogen and oxygen atoms in total. The van der Waals surface area contributed by atoms with Crippen molar-refractivity contribution in [2.45, 2.75) is 19.4 Å². The standard InChI is InChI=1S/C15H16FN/c1-12(17-15-5-3-2-4-6-15)11-13-7-9-14(16)10-8-13/h2-10,12,17H,11H2,1H3. The lowest BCUT2D eigenvalue weighted by Gasteiger charge is -2.15. The molecule has 0 fully saturated rings. The highest BCUT2D eigenvalue weighted by molar-refractivity contribution is 5.43. The highest BCUT2D eigenvalue weighted by Crippen LogP contribution is 2.11. The molecular weight excluding hydrogens is 213 g/mol. The van der Waals surface area contributed by atoms with Gasteiger partial charge in [0.15, 0.2) is 0 Å². The van der Waals surface area contributed by atoms with Gasteiger partial charge in [-0.2, -0.15) is 0 Å². The number of para-hydroxylation sites is 1. The second-order valence-corrected chi connectivity index (χ2v) is 4.24. The second-order valence-electron chi connectivity index (χ2n) is 4.24. The van der Waals surface area contributed by atoms with Crippen LogP contribution in [0.15, 0.2) is 54.6 Å². The molecule has 0 aliphatic rings. The highest BCUT2D eigenvalue weighted by atomic mass is 19.1. The quantitative estimate of drug-likeness (QED) is 0.839. The number of rotatable bonds is 4. The summed E-state index contributed by atoms with van der Waals surface area (Å²) in [4.78, 5) is 0. The van der Waals surface area contributed by atoms with Crippen molar-refractivity contribution >= 4 is 5.69 Å². The first-order chi connectivity index (χ1) is 8.24. The van der Waals surface area contributed by atoms with Crippen LogP contribution in [0.5, 0.6) is 0 Å². The monoisotopic (exact) mass is 229 g/mol. The smallest absolute Gasteiger partial charge is 0.123 e. The summed E-state index contributed by atoms with van der Waals surface area (Å²) in [5.74, 6) is -0.183. The van der Waals surface area contributed by atoms with Gasteiger partial charge < -0.3 is 5.32 Å². The van der Waals surface area contributed by atoms with Gasteiger partial charge in [-0.15, -0.1) is 0 Å². The minimum atomic E-state index is -0.183. The van der Waals surface area contributed by atoms with Crippen molar-refractivity contribution in [1.29, 1.82) is 0 Å². The third-order valence-electron chi connectivity index (χ3n) is 2.64. The van der Waals surface area contributed by atoms with Crippen molar-refractivity contribution in [3.05, 3.63) is 66.0 Å². The van der Waals surface area contributed by atoms with Crippen LogP contribution >= 0.6 is 0 Å². The van der Waals surface area contributed by atoms with Gasteiger partial charge in [-0.25, -0.2) is 4.39 Å². The van der Waals surface area contributed by atoms with Gasteiger partial charge in [0.1, 0.15) is 5.82 Å². The van der Waals surface area contributed by atoms with Crippen LogP contribution in [0.2, 0.25) is 0 Å². The summed E-state index contributed by atoms with van der Waals surface area (Å²) < 4.78 is 12.8. The molecule has 0 spiro atoms. The van der Waals surface area contributed by atoms with Crippen LogP contribution in [-0.4, -0.2) is 6.04 Å². The third-order valence-corrected chi connectivity index (χ3v) is 2.64. The van der Waals surface area contributed by atoms with E-state index >= 15 is 0 Å². The Morgan fingerprint density at radius 3 is 2.29 bits per heavy atom. The summed E-state index contributed by atoms with van der Waals surface area (Å²) in [5, 5.41) is 3.41. The van der Waals surface area contributed by atoms with Crippen molar-refractivity contribution in [3.8, 4) is 0 Å². The van der Waals surface area contributed by atoms with Gasteiger partial charge in [-0.3, -0.25) is 0 Å². The summed E-state index contributed by atoms with van der Waals surface area (Å²) in [6, 6.07) is 17.1. The van der Waals surface area contributed by atoms with E-state index in [0.717, 1.165) is 17.7 Å². The molecule has 2 aromatic rings. The fourth-order valence-corrected chi connectivity index (χ4v) is 1.84. The van der Waals surface area contributed by atoms with Crippen LogP contribution in [0.25, 0.3) is 0 Å². The molecule has 0 aliphatic heterocycles. The molecule has 0 radical (unpaired) electrons. The van der Waals surface area contributed by atoms with Gasteiger partial charge >= 0.3 is 0 Å². The molecule has 88 valence electrons. The van der Waals surface area contributed by atoms with Crippen LogP contribution in [0.3, 0.4) is 0 Å². The van der Waals surface area contributed by atoms with E-state index in [1.165, 1.54) is 12.1 Å². The minimum absolute atomic E-state index is 0.183. The van der Waals surface area contributed by atoms with Crippen LogP contribution in [0.1, 0.15) is 12.5 Å². The van der Waals surface area contributed by atoms with Crippen LogP contribution in [-0.2, 0) is 6.42 Å². The number of nitrogens with one attached hydrogen (secondary N) is 1. The molecular formula is C15H16FN. The molecule has 17 heavy (non-hydrogen) atoms. The van der Waals surface area contributed by atoms with E-state index < -0.39 is 0 Å². The van der Waals surface area contributed by atoms with E-state index in [-0.39, 0.29) is 5.82 Å². The fraction of sp³-hybridized carbons (Fsp3) is 0.200. The fourth-order valence-electron chi connectivity index (χ4n) is 1.84. The van der Waals surface area contributed by atoms with E-state index in [4.69, 9.17) is 0 Å². The number of anilines is 1. The summed E-state index contributed by atoms with van der Waals surface area (Å²) in [6.07, 6.45) is 0.884. The molecule has 0 aromatic heterocycles. The molecule has 0 heterocycles. The van der Waals surface area contributed by atoms with Gasteiger partial charge in [0.2, 0.25) is 0 Å². The Kier molecular flexibility index (Phi) is 3.76. The molecule has 1 atom stereocenters. The first-order valence-corrected chi connectivity index (χ1v) is 5.80. The van der Waals surface area contributed by atoms with Crippen molar-refractivity contribution < 1.29 is 4.39 Å². The molecule has 0 amide bonds. The molecule has 1 unspecified atom stereocenters. The Bertz CT molecular complexity index is 450. The molecule has 2 aromatic carbocycles. The number of benzene rings is 2. The lowest BCUT2D eigenvalue weighted by Crippen LogP contribution is -2.17. The lowest BCUT2D eigenvalue weighted by atomic mass is 10.1. The van der Waals surface area contributed by atoms with Crippen LogP contribution < -0.4 is 5.32 Å². The molecule has 0 saturated carbocycles. The Hall–Kier alpha value is -1.83. The number of hydrogen-bond donors (Lipinski definition) is 1. The molecule has 2 heteroatoms. The predicted molar refractivity (Wildman–Crippen MR) is 69.6 cm³/mol. The molecule has 0 aliphatic carbocycles. The zero-order valence-corrected chi connectivity index (χ0v) is 9.86. The summed E-state index contributed by atoms with van der Waals surface area (Å²) >= 11 is 0. The van der Waals surface area contributed by atoms with Gasteiger partial charge in [0, 0.05) is 11.7 Å². The van der Waals surface area contributed by atoms with E-state index in [2.05, 4.69) is 12.2 Å². The van der Waals surface area contributed by atoms with Crippen LogP contribution in [0.4, 0.5) is 10.1 Å². The lowest BCUT2D eigenvalue weighted by molar-refractivity contribution is 0.626. The summed E-state index contributed by atoms with van der Waals surface area (Å²) in [5.41, 5.74) is 2.25. The van der Waals surface area contributed by atoms with Crippen molar-refractivity contribution in [3.63, 3.8) is 0 Å². The zero-order valence-electron chi connectivity index (χ0n) is 9.86. The summed E-state index contributed by atoms with van der Waals surface area (Å²) in [7, 11) is 0. The van der Waals surface area contributed by atoms with Gasteiger partial charge in [-0.05, 0) is 43.2 Å². The maximum absolute atomic E-state index is 12.8. The van der Waals surface area contributed by atoms with E-state index in [0.29, 0.717) is 6.04 Å². The SMILES string of the molecule is CC(Cc1ccc(F)cc1)Nc1ccccc1. The first-order valence-electron chi connectivity index (χ1n) is 5.80. The highest BCUT2D eigenvalue weighted by Gasteiger charge is 2.03. The van der Waals surface area contributed by atoms with Crippen LogP contribution in [0, 0.1) is 5.82 Å². The number of hydrogen-bond acceptors (Lipinski definition) is 1. The van der Waals surface area contributed by atoms with E-state index in [1.807, 2.05) is 42.5 Å². The molecule has 2 rings (SSSR count). The third kappa shape index (κ3) is 3.59. The molecule has 0 saturated heterocycles.